The van der Waals surface area contributed by atoms with E-state index in [9.17, 15) is 13.2 Å². The third kappa shape index (κ3) is 2.80. The summed E-state index contributed by atoms with van der Waals surface area (Å²) in [6.45, 7) is 4.69. The second-order valence-electron chi connectivity index (χ2n) is 3.59. The molecule has 16 heavy (non-hydrogen) atoms. The minimum atomic E-state index is -4.21. The maximum Gasteiger partial charge on any atom is 0.294 e. The molecule has 5 nitrogen and oxygen atoms in total. The van der Waals surface area contributed by atoms with Crippen molar-refractivity contribution in [3.8, 4) is 0 Å². The smallest absolute Gasteiger partial charge is 0.294 e. The van der Waals surface area contributed by atoms with E-state index in [1.165, 1.54) is 19.1 Å². The predicted molar refractivity (Wildman–Crippen MR) is 60.0 cm³/mol. The molecule has 0 aliphatic heterocycles. The lowest BCUT2D eigenvalue weighted by molar-refractivity contribution is -0.114. The van der Waals surface area contributed by atoms with Gasteiger partial charge in [-0.05, 0) is 37.1 Å². The molecule has 0 spiro atoms. The average Bonchev–Trinajstić information content (AvgIpc) is 2.09. The SMILES string of the molecule is CC(=O)Nc1c(C)cc(S(=O)(=O)O)cc1C. The first kappa shape index (κ1) is 12.7. The van der Waals surface area contributed by atoms with Gasteiger partial charge in [0.1, 0.15) is 0 Å². The van der Waals surface area contributed by atoms with Gasteiger partial charge in [-0.1, -0.05) is 0 Å². The highest BCUT2D eigenvalue weighted by atomic mass is 32.2. The number of anilines is 1. The molecular formula is C10H13NO4S. The number of hydrogen-bond acceptors (Lipinski definition) is 3. The number of aryl methyl sites for hydroxylation is 2. The minimum Gasteiger partial charge on any atom is -0.326 e. The van der Waals surface area contributed by atoms with Crippen molar-refractivity contribution in [1.29, 1.82) is 0 Å². The second kappa shape index (κ2) is 4.23. The molecule has 0 unspecified atom stereocenters. The maximum absolute atomic E-state index is 10.9. The van der Waals surface area contributed by atoms with Crippen LogP contribution in [0.4, 0.5) is 5.69 Å². The van der Waals surface area contributed by atoms with Crippen LogP contribution >= 0.6 is 0 Å². The normalized spacial score (nSPS) is 11.2. The standard InChI is InChI=1S/C10H13NO4S/c1-6-4-9(16(13,14)15)5-7(2)10(6)11-8(3)12/h4-5H,1-3H3,(H,11,12)(H,13,14,15). The summed E-state index contributed by atoms with van der Waals surface area (Å²) in [5.74, 6) is -0.231. The van der Waals surface area contributed by atoms with Crippen LogP contribution in [0.1, 0.15) is 18.1 Å². The number of carbonyl (C=O) groups is 1. The van der Waals surface area contributed by atoms with Gasteiger partial charge in [0.2, 0.25) is 5.91 Å². The number of benzene rings is 1. The lowest BCUT2D eigenvalue weighted by Gasteiger charge is -2.11. The Labute approximate surface area is 94.2 Å². The van der Waals surface area contributed by atoms with E-state index in [1.54, 1.807) is 13.8 Å². The summed E-state index contributed by atoms with van der Waals surface area (Å²) in [4.78, 5) is 10.8. The first-order chi connectivity index (χ1) is 7.21. The maximum atomic E-state index is 10.9. The number of hydrogen-bond donors (Lipinski definition) is 2. The molecular weight excluding hydrogens is 230 g/mol. The van der Waals surface area contributed by atoms with Crippen molar-refractivity contribution >= 4 is 21.7 Å². The number of carbonyl (C=O) groups excluding carboxylic acids is 1. The van der Waals surface area contributed by atoms with Gasteiger partial charge < -0.3 is 5.32 Å². The third-order valence-electron chi connectivity index (χ3n) is 2.11. The zero-order chi connectivity index (χ0) is 12.5. The number of rotatable bonds is 2. The van der Waals surface area contributed by atoms with Gasteiger partial charge in [-0.2, -0.15) is 8.42 Å². The molecule has 0 aliphatic rings. The predicted octanol–water partition coefficient (Wildman–Crippen LogP) is 1.51. The Morgan fingerprint density at radius 3 is 2.00 bits per heavy atom. The molecule has 2 N–H and O–H groups in total. The van der Waals surface area contributed by atoms with E-state index >= 15 is 0 Å². The average molecular weight is 243 g/mol. The van der Waals surface area contributed by atoms with Crippen molar-refractivity contribution in [3.05, 3.63) is 23.3 Å². The Kier molecular flexibility index (Phi) is 3.35. The minimum absolute atomic E-state index is 0.170. The molecule has 1 rings (SSSR count). The van der Waals surface area contributed by atoms with Crippen molar-refractivity contribution in [2.45, 2.75) is 25.7 Å². The Balaban J connectivity index is 3.34. The van der Waals surface area contributed by atoms with Gasteiger partial charge in [-0.25, -0.2) is 0 Å². The van der Waals surface area contributed by atoms with Crippen LogP contribution in [0.2, 0.25) is 0 Å². The first-order valence-corrected chi connectivity index (χ1v) is 6.02. The molecule has 6 heteroatoms. The van der Waals surface area contributed by atoms with Crippen molar-refractivity contribution in [1.82, 2.24) is 0 Å². The summed E-state index contributed by atoms with van der Waals surface area (Å²) < 4.78 is 30.8. The molecule has 0 aromatic heterocycles. The zero-order valence-electron chi connectivity index (χ0n) is 9.23. The van der Waals surface area contributed by atoms with E-state index in [1.807, 2.05) is 0 Å². The molecule has 0 heterocycles. The summed E-state index contributed by atoms with van der Waals surface area (Å²) in [5.41, 5.74) is 1.74. The van der Waals surface area contributed by atoms with E-state index in [0.29, 0.717) is 16.8 Å². The van der Waals surface area contributed by atoms with E-state index in [-0.39, 0.29) is 10.8 Å². The Morgan fingerprint density at radius 2 is 1.69 bits per heavy atom. The topological polar surface area (TPSA) is 83.5 Å². The zero-order valence-corrected chi connectivity index (χ0v) is 10.1. The molecule has 0 atom stereocenters. The van der Waals surface area contributed by atoms with Crippen LogP contribution in [0.5, 0.6) is 0 Å². The fraction of sp³-hybridized carbons (Fsp3) is 0.300. The van der Waals surface area contributed by atoms with Crippen LogP contribution in [-0.4, -0.2) is 18.9 Å². The summed E-state index contributed by atoms with van der Waals surface area (Å²) in [7, 11) is -4.21. The molecule has 0 aliphatic carbocycles. The lowest BCUT2D eigenvalue weighted by Crippen LogP contribution is -2.10. The van der Waals surface area contributed by atoms with E-state index in [2.05, 4.69) is 5.32 Å². The Hall–Kier alpha value is -1.40. The van der Waals surface area contributed by atoms with Crippen molar-refractivity contribution in [2.24, 2.45) is 0 Å². The summed E-state index contributed by atoms with van der Waals surface area (Å²) in [5, 5.41) is 2.60. The molecule has 1 aromatic carbocycles. The van der Waals surface area contributed by atoms with Crippen LogP contribution in [0.25, 0.3) is 0 Å². The molecule has 0 saturated carbocycles. The van der Waals surface area contributed by atoms with Crippen LogP contribution < -0.4 is 5.32 Å². The largest absolute Gasteiger partial charge is 0.326 e. The molecule has 0 radical (unpaired) electrons. The fourth-order valence-corrected chi connectivity index (χ4v) is 2.10. The Morgan fingerprint density at radius 1 is 1.25 bits per heavy atom. The van der Waals surface area contributed by atoms with Gasteiger partial charge >= 0.3 is 0 Å². The highest BCUT2D eigenvalue weighted by Gasteiger charge is 2.14. The van der Waals surface area contributed by atoms with E-state index in [0.717, 1.165) is 0 Å². The van der Waals surface area contributed by atoms with Gasteiger partial charge in [0.05, 0.1) is 4.90 Å². The van der Waals surface area contributed by atoms with Crippen molar-refractivity contribution < 1.29 is 17.8 Å². The van der Waals surface area contributed by atoms with Crippen LogP contribution in [0, 0.1) is 13.8 Å². The van der Waals surface area contributed by atoms with Gasteiger partial charge in [0, 0.05) is 12.6 Å². The first-order valence-electron chi connectivity index (χ1n) is 4.58. The lowest BCUT2D eigenvalue weighted by atomic mass is 10.1. The van der Waals surface area contributed by atoms with Crippen LogP contribution in [0.15, 0.2) is 17.0 Å². The molecule has 0 bridgehead atoms. The van der Waals surface area contributed by atoms with Crippen LogP contribution in [-0.2, 0) is 14.9 Å². The summed E-state index contributed by atoms with van der Waals surface area (Å²) in [6, 6.07) is 2.63. The molecule has 88 valence electrons. The monoisotopic (exact) mass is 243 g/mol. The van der Waals surface area contributed by atoms with Crippen molar-refractivity contribution in [2.75, 3.05) is 5.32 Å². The molecule has 0 fully saturated rings. The van der Waals surface area contributed by atoms with Gasteiger partial charge in [-0.15, -0.1) is 0 Å². The quantitative estimate of drug-likeness (QED) is 0.771. The molecule has 0 saturated heterocycles. The Bertz CT molecular complexity index is 511. The number of amides is 1. The highest BCUT2D eigenvalue weighted by Crippen LogP contribution is 2.24. The summed E-state index contributed by atoms with van der Waals surface area (Å²) >= 11 is 0. The van der Waals surface area contributed by atoms with Gasteiger partial charge in [0.25, 0.3) is 10.1 Å². The second-order valence-corrected chi connectivity index (χ2v) is 5.01. The highest BCUT2D eigenvalue weighted by molar-refractivity contribution is 7.85. The summed E-state index contributed by atoms with van der Waals surface area (Å²) in [6.07, 6.45) is 0. The molecule has 1 amide bonds. The molecule has 1 aromatic rings. The van der Waals surface area contributed by atoms with Gasteiger partial charge in [0.15, 0.2) is 0 Å². The van der Waals surface area contributed by atoms with Crippen molar-refractivity contribution in [3.63, 3.8) is 0 Å². The number of nitrogens with one attached hydrogen (secondary N) is 1. The third-order valence-corrected chi connectivity index (χ3v) is 2.94. The van der Waals surface area contributed by atoms with E-state index < -0.39 is 10.1 Å². The van der Waals surface area contributed by atoms with E-state index in [4.69, 9.17) is 4.55 Å². The fourth-order valence-electron chi connectivity index (χ4n) is 1.45. The van der Waals surface area contributed by atoms with Gasteiger partial charge in [-0.3, -0.25) is 9.35 Å². The van der Waals surface area contributed by atoms with Crippen LogP contribution in [0.3, 0.4) is 0 Å².